The highest BCUT2D eigenvalue weighted by Gasteiger charge is 2.36. The maximum atomic E-state index is 13.8. The maximum absolute atomic E-state index is 13.8. The molecule has 5 rings (SSSR count). The number of fused-ring (bicyclic) bond motifs is 2. The second kappa shape index (κ2) is 9.21. The fraction of sp³-hybridized carbons (Fsp3) is 0.310. The molecule has 0 N–H and O–H groups in total. The van der Waals surface area contributed by atoms with E-state index >= 15 is 0 Å². The van der Waals surface area contributed by atoms with E-state index in [4.69, 9.17) is 0 Å². The second-order valence-electron chi connectivity index (χ2n) is 10.2. The van der Waals surface area contributed by atoms with E-state index in [0.29, 0.717) is 30.5 Å². The summed E-state index contributed by atoms with van der Waals surface area (Å²) >= 11 is 0. The van der Waals surface area contributed by atoms with Gasteiger partial charge in [0.05, 0.1) is 27.6 Å². The molecule has 6 nitrogen and oxygen atoms in total. The number of anilines is 1. The summed E-state index contributed by atoms with van der Waals surface area (Å²) in [5.41, 5.74) is 2.68. The zero-order chi connectivity index (χ0) is 25.6. The van der Waals surface area contributed by atoms with Gasteiger partial charge in [-0.05, 0) is 61.1 Å². The van der Waals surface area contributed by atoms with Crippen molar-refractivity contribution in [3.8, 4) is 0 Å². The highest BCUT2D eigenvalue weighted by Crippen LogP contribution is 2.38. The number of carbonyl (C=O) groups is 2. The van der Waals surface area contributed by atoms with E-state index in [-0.39, 0.29) is 33.5 Å². The van der Waals surface area contributed by atoms with Crippen LogP contribution in [0.2, 0.25) is 0 Å². The molecular weight excluding hydrogens is 472 g/mol. The van der Waals surface area contributed by atoms with Crippen molar-refractivity contribution in [2.75, 3.05) is 18.0 Å². The van der Waals surface area contributed by atoms with Crippen LogP contribution < -0.4 is 4.90 Å². The van der Waals surface area contributed by atoms with E-state index in [0.717, 1.165) is 17.5 Å². The summed E-state index contributed by atoms with van der Waals surface area (Å²) in [5.74, 6) is 0.248. The molecule has 186 valence electrons. The normalized spacial score (nSPS) is 20.9. The number of aryl methyl sites for hydroxylation is 1. The molecule has 2 atom stereocenters. The molecule has 0 bridgehead atoms. The largest absolute Gasteiger partial charge is 0.338 e. The molecule has 36 heavy (non-hydrogen) atoms. The third-order valence-corrected chi connectivity index (χ3v) is 8.88. The van der Waals surface area contributed by atoms with Crippen molar-refractivity contribution in [1.82, 2.24) is 4.90 Å². The van der Waals surface area contributed by atoms with Gasteiger partial charge in [-0.1, -0.05) is 55.8 Å². The Balaban J connectivity index is 1.65. The van der Waals surface area contributed by atoms with Gasteiger partial charge in [0, 0.05) is 18.7 Å². The molecule has 0 radical (unpaired) electrons. The fourth-order valence-electron chi connectivity index (χ4n) is 5.50. The van der Waals surface area contributed by atoms with Crippen LogP contribution in [0.1, 0.15) is 52.1 Å². The molecule has 0 aliphatic carbocycles. The van der Waals surface area contributed by atoms with Gasteiger partial charge in [-0.3, -0.25) is 9.59 Å². The summed E-state index contributed by atoms with van der Waals surface area (Å²) in [5, 5.41) is 0. The lowest BCUT2D eigenvalue weighted by Crippen LogP contribution is -2.42. The number of sulfone groups is 1. The van der Waals surface area contributed by atoms with Gasteiger partial charge in [-0.25, -0.2) is 8.42 Å². The molecule has 2 heterocycles. The number of nitrogens with zero attached hydrogens (tertiary/aromatic N) is 2. The Hall–Kier alpha value is -3.45. The SMILES string of the molecule is Cc1cccc(CN2C(=O)c3ccccc3S(=O)(=O)c3ccc(C(=O)N4CC(C)CC(C)C4)cc32)c1. The molecule has 2 amide bonds. The van der Waals surface area contributed by atoms with E-state index in [2.05, 4.69) is 13.8 Å². The summed E-state index contributed by atoms with van der Waals surface area (Å²) < 4.78 is 27.4. The molecule has 2 aliphatic heterocycles. The van der Waals surface area contributed by atoms with Crippen molar-refractivity contribution < 1.29 is 18.0 Å². The van der Waals surface area contributed by atoms with E-state index in [1.54, 1.807) is 30.3 Å². The maximum Gasteiger partial charge on any atom is 0.259 e. The Morgan fingerprint density at radius 1 is 0.917 bits per heavy atom. The molecule has 7 heteroatoms. The standard InChI is InChI=1S/C29H30N2O4S/c1-19-7-6-8-22(14-19)18-31-25-15-23(28(32)30-16-20(2)13-21(3)17-30)11-12-27(25)36(34,35)26-10-5-4-9-24(26)29(31)33/h4-12,14-15,20-21H,13,16-18H2,1-3H3. The molecule has 0 aromatic heterocycles. The summed E-state index contributed by atoms with van der Waals surface area (Å²) in [4.78, 5) is 30.7. The quantitative estimate of drug-likeness (QED) is 0.499. The van der Waals surface area contributed by atoms with Gasteiger partial charge in [-0.2, -0.15) is 0 Å². The number of likely N-dealkylation sites (tertiary alicyclic amines) is 1. The average molecular weight is 503 g/mol. The number of amides is 2. The van der Waals surface area contributed by atoms with E-state index < -0.39 is 15.7 Å². The van der Waals surface area contributed by atoms with E-state index in [9.17, 15) is 18.0 Å². The van der Waals surface area contributed by atoms with E-state index in [1.165, 1.54) is 17.0 Å². The molecule has 3 aromatic rings. The molecule has 2 aliphatic rings. The predicted octanol–water partition coefficient (Wildman–Crippen LogP) is 5.11. The molecule has 0 spiro atoms. The first kappa shape index (κ1) is 24.3. The number of hydrogen-bond acceptors (Lipinski definition) is 4. The van der Waals surface area contributed by atoms with Crippen LogP contribution in [0.25, 0.3) is 0 Å². The van der Waals surface area contributed by atoms with Crippen LogP contribution >= 0.6 is 0 Å². The first-order valence-electron chi connectivity index (χ1n) is 12.3. The number of hydrogen-bond donors (Lipinski definition) is 0. The molecule has 2 unspecified atom stereocenters. The van der Waals surface area contributed by atoms with Crippen molar-refractivity contribution in [2.24, 2.45) is 11.8 Å². The Kier molecular flexibility index (Phi) is 6.20. The van der Waals surface area contributed by atoms with Gasteiger partial charge < -0.3 is 9.80 Å². The third-order valence-electron chi connectivity index (χ3n) is 7.02. The van der Waals surface area contributed by atoms with Crippen LogP contribution in [0.5, 0.6) is 0 Å². The zero-order valence-electron chi connectivity index (χ0n) is 20.8. The van der Waals surface area contributed by atoms with Gasteiger partial charge in [0.15, 0.2) is 0 Å². The number of piperidine rings is 1. The van der Waals surface area contributed by atoms with E-state index in [1.807, 2.05) is 36.1 Å². The van der Waals surface area contributed by atoms with Gasteiger partial charge in [-0.15, -0.1) is 0 Å². The zero-order valence-corrected chi connectivity index (χ0v) is 21.6. The molecular formula is C29H30N2O4S. The second-order valence-corrected chi connectivity index (χ2v) is 12.1. The van der Waals surface area contributed by atoms with Crippen molar-refractivity contribution in [3.63, 3.8) is 0 Å². The number of rotatable bonds is 3. The predicted molar refractivity (Wildman–Crippen MR) is 139 cm³/mol. The lowest BCUT2D eigenvalue weighted by Gasteiger charge is -2.35. The summed E-state index contributed by atoms with van der Waals surface area (Å²) in [6, 6.07) is 18.7. The van der Waals surface area contributed by atoms with Gasteiger partial charge >= 0.3 is 0 Å². The molecule has 1 saturated heterocycles. The van der Waals surface area contributed by atoms with Crippen LogP contribution in [0.3, 0.4) is 0 Å². The van der Waals surface area contributed by atoms with Crippen molar-refractivity contribution >= 4 is 27.3 Å². The minimum absolute atomic E-state index is 0.0132. The lowest BCUT2D eigenvalue weighted by molar-refractivity contribution is 0.0623. The molecule has 0 saturated carbocycles. The van der Waals surface area contributed by atoms with Gasteiger partial charge in [0.1, 0.15) is 0 Å². The minimum atomic E-state index is -3.98. The van der Waals surface area contributed by atoms with Crippen LogP contribution in [0.15, 0.2) is 76.5 Å². The summed E-state index contributed by atoms with van der Waals surface area (Å²) in [7, 11) is -3.98. The third kappa shape index (κ3) is 4.32. The Bertz CT molecular complexity index is 1450. The Morgan fingerprint density at radius 2 is 1.64 bits per heavy atom. The molecule has 1 fully saturated rings. The molecule has 3 aromatic carbocycles. The summed E-state index contributed by atoms with van der Waals surface area (Å²) in [6.07, 6.45) is 1.07. The summed E-state index contributed by atoms with van der Waals surface area (Å²) in [6.45, 7) is 7.76. The lowest BCUT2D eigenvalue weighted by atomic mass is 9.91. The fourth-order valence-corrected chi connectivity index (χ4v) is 7.13. The highest BCUT2D eigenvalue weighted by molar-refractivity contribution is 7.91. The van der Waals surface area contributed by atoms with Crippen LogP contribution in [-0.2, 0) is 16.4 Å². The van der Waals surface area contributed by atoms with Crippen molar-refractivity contribution in [2.45, 2.75) is 43.5 Å². The minimum Gasteiger partial charge on any atom is -0.338 e. The van der Waals surface area contributed by atoms with Gasteiger partial charge in [0.25, 0.3) is 11.8 Å². The van der Waals surface area contributed by atoms with Crippen molar-refractivity contribution in [3.05, 3.63) is 89.0 Å². The van der Waals surface area contributed by atoms with Crippen molar-refractivity contribution in [1.29, 1.82) is 0 Å². The highest BCUT2D eigenvalue weighted by atomic mass is 32.2. The van der Waals surface area contributed by atoms with Gasteiger partial charge in [0.2, 0.25) is 9.84 Å². The van der Waals surface area contributed by atoms with Crippen LogP contribution in [0.4, 0.5) is 5.69 Å². The Morgan fingerprint density at radius 3 is 2.36 bits per heavy atom. The topological polar surface area (TPSA) is 74.8 Å². The first-order chi connectivity index (χ1) is 17.1. The smallest absolute Gasteiger partial charge is 0.259 e. The first-order valence-corrected chi connectivity index (χ1v) is 13.8. The number of benzene rings is 3. The average Bonchev–Trinajstić information content (AvgIpc) is 2.91. The number of carbonyl (C=O) groups excluding carboxylic acids is 2. The van der Waals surface area contributed by atoms with Crippen LogP contribution in [-0.4, -0.2) is 38.2 Å². The van der Waals surface area contributed by atoms with Crippen LogP contribution in [0, 0.1) is 18.8 Å². The Labute approximate surface area is 212 Å². The monoisotopic (exact) mass is 502 g/mol.